The van der Waals surface area contributed by atoms with Crippen molar-refractivity contribution in [3.05, 3.63) is 29.8 Å². The average molecular weight is 287 g/mol. The van der Waals surface area contributed by atoms with Crippen molar-refractivity contribution >= 4 is 29.6 Å². The highest BCUT2D eigenvalue weighted by atomic mass is 16.2. The van der Waals surface area contributed by atoms with Crippen LogP contribution in [0.1, 0.15) is 37.6 Å². The molecular weight excluding hydrogens is 270 g/mol. The fourth-order valence-corrected chi connectivity index (χ4v) is 2.41. The zero-order valence-corrected chi connectivity index (χ0v) is 12.3. The van der Waals surface area contributed by atoms with Gasteiger partial charge in [-0.25, -0.2) is 0 Å². The van der Waals surface area contributed by atoms with Crippen LogP contribution in [0.5, 0.6) is 0 Å². The summed E-state index contributed by atoms with van der Waals surface area (Å²) in [6.07, 6.45) is 0.740. The maximum atomic E-state index is 12.4. The van der Waals surface area contributed by atoms with Gasteiger partial charge in [0.25, 0.3) is 0 Å². The van der Waals surface area contributed by atoms with Crippen molar-refractivity contribution in [1.29, 1.82) is 0 Å². The fourth-order valence-electron chi connectivity index (χ4n) is 2.41. The summed E-state index contributed by atoms with van der Waals surface area (Å²) in [5.74, 6) is -1.42. The standard InChI is InChI=1S/C16H17NO4/c1-10(19)11-4-6-12(7-5-11)17-14(20)8-13(15(17)21)16(2,3)9-18/h4-7,9,13H,8H2,1-3H3/t13-/m0/s1. The first-order valence-corrected chi connectivity index (χ1v) is 6.72. The van der Waals surface area contributed by atoms with Crippen molar-refractivity contribution in [3.8, 4) is 0 Å². The molecule has 110 valence electrons. The number of carbonyl (C=O) groups excluding carboxylic acids is 4. The minimum absolute atomic E-state index is 0.0268. The first-order valence-electron chi connectivity index (χ1n) is 6.72. The van der Waals surface area contributed by atoms with Gasteiger partial charge in [0.05, 0.1) is 11.6 Å². The molecule has 0 N–H and O–H groups in total. The van der Waals surface area contributed by atoms with E-state index in [1.54, 1.807) is 38.1 Å². The number of nitrogens with zero attached hydrogens (tertiary/aromatic N) is 1. The minimum Gasteiger partial charge on any atom is -0.303 e. The Kier molecular flexibility index (Phi) is 3.77. The number of rotatable bonds is 4. The van der Waals surface area contributed by atoms with Gasteiger partial charge in [0.2, 0.25) is 11.8 Å². The lowest BCUT2D eigenvalue weighted by Crippen LogP contribution is -2.35. The molecule has 1 atom stereocenters. The summed E-state index contributed by atoms with van der Waals surface area (Å²) < 4.78 is 0. The Morgan fingerprint density at radius 3 is 2.29 bits per heavy atom. The summed E-state index contributed by atoms with van der Waals surface area (Å²) in [4.78, 5) is 48.0. The predicted octanol–water partition coefficient (Wildman–Crippen LogP) is 1.99. The highest BCUT2D eigenvalue weighted by Crippen LogP contribution is 2.36. The van der Waals surface area contributed by atoms with Gasteiger partial charge in [-0.3, -0.25) is 19.3 Å². The molecule has 1 aliphatic heterocycles. The van der Waals surface area contributed by atoms with Crippen molar-refractivity contribution in [2.75, 3.05) is 4.90 Å². The maximum absolute atomic E-state index is 12.4. The molecule has 0 spiro atoms. The van der Waals surface area contributed by atoms with Gasteiger partial charge < -0.3 is 4.79 Å². The van der Waals surface area contributed by atoms with Crippen LogP contribution in [-0.2, 0) is 14.4 Å². The third kappa shape index (κ3) is 2.63. The molecule has 2 amide bonds. The number of hydrogen-bond donors (Lipinski definition) is 0. The smallest absolute Gasteiger partial charge is 0.238 e. The van der Waals surface area contributed by atoms with E-state index in [4.69, 9.17) is 0 Å². The zero-order chi connectivity index (χ0) is 15.8. The van der Waals surface area contributed by atoms with E-state index in [9.17, 15) is 19.2 Å². The fraction of sp³-hybridized carbons (Fsp3) is 0.375. The Morgan fingerprint density at radius 2 is 1.81 bits per heavy atom. The minimum atomic E-state index is -0.874. The van der Waals surface area contributed by atoms with Crippen LogP contribution in [0.25, 0.3) is 0 Å². The molecule has 1 aromatic rings. The van der Waals surface area contributed by atoms with Gasteiger partial charge in [-0.15, -0.1) is 0 Å². The van der Waals surface area contributed by atoms with Crippen molar-refractivity contribution in [3.63, 3.8) is 0 Å². The molecule has 0 saturated carbocycles. The lowest BCUT2D eigenvalue weighted by atomic mass is 9.79. The third-order valence-electron chi connectivity index (χ3n) is 3.88. The van der Waals surface area contributed by atoms with E-state index in [2.05, 4.69) is 0 Å². The van der Waals surface area contributed by atoms with Crippen LogP contribution < -0.4 is 4.90 Å². The van der Waals surface area contributed by atoms with E-state index in [0.29, 0.717) is 17.5 Å². The van der Waals surface area contributed by atoms with E-state index < -0.39 is 11.3 Å². The molecule has 2 rings (SSSR count). The predicted molar refractivity (Wildman–Crippen MR) is 76.9 cm³/mol. The summed E-state index contributed by atoms with van der Waals surface area (Å²) >= 11 is 0. The number of amides is 2. The molecule has 0 bridgehead atoms. The number of Topliss-reactive ketones (excluding diaryl/α,β-unsaturated/α-hetero) is 1. The molecule has 1 aromatic carbocycles. The Morgan fingerprint density at radius 1 is 1.24 bits per heavy atom. The van der Waals surface area contributed by atoms with Crippen LogP contribution in [0.2, 0.25) is 0 Å². The molecule has 5 nitrogen and oxygen atoms in total. The molecule has 0 aromatic heterocycles. The molecule has 1 aliphatic rings. The molecule has 21 heavy (non-hydrogen) atoms. The molecular formula is C16H17NO4. The number of imide groups is 1. The highest BCUT2D eigenvalue weighted by Gasteiger charge is 2.47. The first kappa shape index (κ1) is 15.1. The lowest BCUT2D eigenvalue weighted by molar-refractivity contribution is -0.129. The Balaban J connectivity index is 2.32. The van der Waals surface area contributed by atoms with E-state index in [1.807, 2.05) is 0 Å². The molecule has 1 fully saturated rings. The Labute approximate surface area is 122 Å². The van der Waals surface area contributed by atoms with Crippen molar-refractivity contribution in [2.24, 2.45) is 11.3 Å². The molecule has 1 saturated heterocycles. The topological polar surface area (TPSA) is 71.5 Å². The van der Waals surface area contributed by atoms with Crippen LogP contribution in [0, 0.1) is 11.3 Å². The normalized spacial score (nSPS) is 19.0. The second-order valence-electron chi connectivity index (χ2n) is 5.87. The van der Waals surface area contributed by atoms with Crippen LogP contribution in [0.3, 0.4) is 0 Å². The lowest BCUT2D eigenvalue weighted by Gasteiger charge is -2.23. The third-order valence-corrected chi connectivity index (χ3v) is 3.88. The summed E-state index contributed by atoms with van der Waals surface area (Å²) in [5.41, 5.74) is 0.0719. The number of ketones is 1. The van der Waals surface area contributed by atoms with Gasteiger partial charge in [0, 0.05) is 17.4 Å². The zero-order valence-electron chi connectivity index (χ0n) is 12.3. The van der Waals surface area contributed by atoms with Gasteiger partial charge in [0.15, 0.2) is 5.78 Å². The van der Waals surface area contributed by atoms with Crippen LogP contribution >= 0.6 is 0 Å². The molecule has 1 heterocycles. The number of benzene rings is 1. The summed E-state index contributed by atoms with van der Waals surface area (Å²) in [5, 5.41) is 0. The maximum Gasteiger partial charge on any atom is 0.238 e. The van der Waals surface area contributed by atoms with Crippen LogP contribution in [-0.4, -0.2) is 23.9 Å². The monoisotopic (exact) mass is 287 g/mol. The Bertz CT molecular complexity index is 616. The van der Waals surface area contributed by atoms with Gasteiger partial charge in [-0.2, -0.15) is 0 Å². The molecule has 0 radical (unpaired) electrons. The van der Waals surface area contributed by atoms with Gasteiger partial charge in [-0.05, 0) is 31.2 Å². The number of carbonyl (C=O) groups is 4. The summed E-state index contributed by atoms with van der Waals surface area (Å²) in [6, 6.07) is 6.30. The van der Waals surface area contributed by atoms with E-state index in [1.165, 1.54) is 6.92 Å². The first-order chi connectivity index (χ1) is 9.77. The van der Waals surface area contributed by atoms with Crippen LogP contribution in [0.15, 0.2) is 24.3 Å². The molecule has 0 unspecified atom stereocenters. The van der Waals surface area contributed by atoms with E-state index >= 15 is 0 Å². The van der Waals surface area contributed by atoms with Crippen LogP contribution in [0.4, 0.5) is 5.69 Å². The highest BCUT2D eigenvalue weighted by molar-refractivity contribution is 6.21. The van der Waals surface area contributed by atoms with Gasteiger partial charge in [-0.1, -0.05) is 13.8 Å². The van der Waals surface area contributed by atoms with Gasteiger partial charge in [0.1, 0.15) is 6.29 Å². The van der Waals surface area contributed by atoms with Crippen molar-refractivity contribution in [2.45, 2.75) is 27.2 Å². The molecule has 0 aliphatic carbocycles. The number of aldehydes is 1. The Hall–Kier alpha value is -2.30. The van der Waals surface area contributed by atoms with Crippen molar-refractivity contribution in [1.82, 2.24) is 0 Å². The second kappa shape index (κ2) is 5.24. The largest absolute Gasteiger partial charge is 0.303 e. The number of anilines is 1. The molecule has 5 heteroatoms. The quantitative estimate of drug-likeness (QED) is 0.482. The summed E-state index contributed by atoms with van der Waals surface area (Å²) in [7, 11) is 0. The number of hydrogen-bond acceptors (Lipinski definition) is 4. The van der Waals surface area contributed by atoms with Gasteiger partial charge >= 0.3 is 0 Å². The second-order valence-corrected chi connectivity index (χ2v) is 5.87. The summed E-state index contributed by atoms with van der Waals surface area (Å²) in [6.45, 7) is 4.75. The van der Waals surface area contributed by atoms with E-state index in [0.717, 1.165) is 4.90 Å². The SMILES string of the molecule is CC(=O)c1ccc(N2C(=O)C[C@H](C(C)(C)C=O)C2=O)cc1. The van der Waals surface area contributed by atoms with Crippen molar-refractivity contribution < 1.29 is 19.2 Å². The average Bonchev–Trinajstić information content (AvgIpc) is 2.75. The van der Waals surface area contributed by atoms with E-state index in [-0.39, 0.29) is 24.0 Å².